The average Bonchev–Trinajstić information content (AvgIpc) is 2.34. The lowest BCUT2D eigenvalue weighted by Crippen LogP contribution is -2.07. The van der Waals surface area contributed by atoms with Crippen molar-refractivity contribution in [2.45, 2.75) is 0 Å². The SMILES string of the molecule is Nc1scc2cn[nH]c(=O)c12. The summed E-state index contributed by atoms with van der Waals surface area (Å²) in [5.41, 5.74) is 5.33. The van der Waals surface area contributed by atoms with Crippen LogP contribution in [0.2, 0.25) is 0 Å². The molecule has 5 heteroatoms. The van der Waals surface area contributed by atoms with E-state index in [0.29, 0.717) is 10.4 Å². The summed E-state index contributed by atoms with van der Waals surface area (Å²) < 4.78 is 0. The van der Waals surface area contributed by atoms with E-state index < -0.39 is 0 Å². The second kappa shape index (κ2) is 2.06. The van der Waals surface area contributed by atoms with E-state index in [1.54, 1.807) is 6.20 Å². The third-order valence-electron chi connectivity index (χ3n) is 1.44. The van der Waals surface area contributed by atoms with Crippen molar-refractivity contribution in [3.05, 3.63) is 21.9 Å². The van der Waals surface area contributed by atoms with Gasteiger partial charge in [0.25, 0.3) is 5.56 Å². The number of thiophene rings is 1. The zero-order chi connectivity index (χ0) is 7.84. The lowest BCUT2D eigenvalue weighted by Gasteiger charge is -1.86. The fourth-order valence-corrected chi connectivity index (χ4v) is 1.70. The minimum atomic E-state index is -0.221. The van der Waals surface area contributed by atoms with Gasteiger partial charge < -0.3 is 5.73 Å². The molecule has 3 N–H and O–H groups in total. The number of fused-ring (bicyclic) bond motifs is 1. The third kappa shape index (κ3) is 0.813. The van der Waals surface area contributed by atoms with Gasteiger partial charge in [0, 0.05) is 10.8 Å². The Morgan fingerprint density at radius 3 is 3.18 bits per heavy atom. The van der Waals surface area contributed by atoms with Gasteiger partial charge in [0.15, 0.2) is 0 Å². The number of aromatic amines is 1. The van der Waals surface area contributed by atoms with Crippen LogP contribution in [0.4, 0.5) is 5.00 Å². The molecule has 0 fully saturated rings. The van der Waals surface area contributed by atoms with Crippen LogP contribution in [0.1, 0.15) is 0 Å². The van der Waals surface area contributed by atoms with Gasteiger partial charge >= 0.3 is 0 Å². The van der Waals surface area contributed by atoms with Crippen molar-refractivity contribution in [3.63, 3.8) is 0 Å². The maximum Gasteiger partial charge on any atom is 0.275 e. The fraction of sp³-hybridized carbons (Fsp3) is 0. The number of nitrogens with one attached hydrogen (secondary N) is 1. The third-order valence-corrected chi connectivity index (χ3v) is 2.27. The molecule has 0 spiro atoms. The summed E-state index contributed by atoms with van der Waals surface area (Å²) >= 11 is 1.35. The maximum absolute atomic E-state index is 11.1. The molecule has 0 bridgehead atoms. The topological polar surface area (TPSA) is 71.8 Å². The lowest BCUT2D eigenvalue weighted by molar-refractivity contribution is 1.01. The van der Waals surface area contributed by atoms with Crippen LogP contribution in [-0.2, 0) is 0 Å². The molecule has 0 aromatic carbocycles. The molecule has 0 unspecified atom stereocenters. The van der Waals surface area contributed by atoms with Crippen LogP contribution >= 0.6 is 11.3 Å². The highest BCUT2D eigenvalue weighted by molar-refractivity contribution is 7.15. The summed E-state index contributed by atoms with van der Waals surface area (Å²) in [5.74, 6) is 0. The predicted octanol–water partition coefficient (Wildman–Crippen LogP) is 0.567. The van der Waals surface area contributed by atoms with Crippen molar-refractivity contribution in [2.75, 3.05) is 5.73 Å². The number of anilines is 1. The molecule has 4 nitrogen and oxygen atoms in total. The van der Waals surface area contributed by atoms with Crippen LogP contribution in [0.25, 0.3) is 10.8 Å². The van der Waals surface area contributed by atoms with E-state index in [0.717, 1.165) is 5.39 Å². The van der Waals surface area contributed by atoms with Gasteiger partial charge in [-0.2, -0.15) is 5.10 Å². The van der Waals surface area contributed by atoms with E-state index in [9.17, 15) is 4.79 Å². The van der Waals surface area contributed by atoms with Gasteiger partial charge in [0.1, 0.15) is 0 Å². The molecule has 0 amide bonds. The lowest BCUT2D eigenvalue weighted by atomic mass is 10.3. The smallest absolute Gasteiger partial charge is 0.275 e. The number of aromatic nitrogens is 2. The van der Waals surface area contributed by atoms with Crippen LogP contribution in [0.3, 0.4) is 0 Å². The Hall–Kier alpha value is -1.36. The molecule has 2 aromatic rings. The van der Waals surface area contributed by atoms with E-state index in [1.807, 2.05) is 5.38 Å². The van der Waals surface area contributed by atoms with Crippen LogP contribution in [-0.4, -0.2) is 10.2 Å². The minimum absolute atomic E-state index is 0.221. The quantitative estimate of drug-likeness (QED) is 0.602. The molecule has 0 saturated heterocycles. The van der Waals surface area contributed by atoms with Crippen LogP contribution in [0.5, 0.6) is 0 Å². The number of rotatable bonds is 0. The van der Waals surface area contributed by atoms with Gasteiger partial charge in [0.2, 0.25) is 0 Å². The van der Waals surface area contributed by atoms with E-state index in [4.69, 9.17) is 5.73 Å². The summed E-state index contributed by atoms with van der Waals surface area (Å²) in [6, 6.07) is 0. The van der Waals surface area contributed by atoms with Crippen molar-refractivity contribution in [3.8, 4) is 0 Å². The van der Waals surface area contributed by atoms with E-state index in [2.05, 4.69) is 10.2 Å². The van der Waals surface area contributed by atoms with Gasteiger partial charge in [-0.05, 0) is 0 Å². The minimum Gasteiger partial charge on any atom is -0.390 e. The second-order valence-electron chi connectivity index (χ2n) is 2.13. The molecule has 56 valence electrons. The Labute approximate surface area is 65.7 Å². The summed E-state index contributed by atoms with van der Waals surface area (Å²) in [5, 5.41) is 9.67. The highest BCUT2D eigenvalue weighted by atomic mass is 32.1. The zero-order valence-electron chi connectivity index (χ0n) is 5.50. The Bertz CT molecular complexity index is 444. The average molecular weight is 167 g/mol. The summed E-state index contributed by atoms with van der Waals surface area (Å²) in [6.45, 7) is 0. The van der Waals surface area contributed by atoms with Crippen molar-refractivity contribution >= 4 is 27.1 Å². The number of nitrogens with zero attached hydrogens (tertiary/aromatic N) is 1. The van der Waals surface area contributed by atoms with Crippen LogP contribution < -0.4 is 11.3 Å². The zero-order valence-corrected chi connectivity index (χ0v) is 6.31. The van der Waals surface area contributed by atoms with Gasteiger partial charge in [0.05, 0.1) is 16.6 Å². The molecule has 11 heavy (non-hydrogen) atoms. The Morgan fingerprint density at radius 1 is 1.64 bits per heavy atom. The summed E-state index contributed by atoms with van der Waals surface area (Å²) in [6.07, 6.45) is 1.59. The Balaban J connectivity index is 3.08. The number of nitrogen functional groups attached to an aromatic ring is 1. The summed E-state index contributed by atoms with van der Waals surface area (Å²) in [4.78, 5) is 11.1. The predicted molar refractivity (Wildman–Crippen MR) is 44.7 cm³/mol. The Morgan fingerprint density at radius 2 is 2.45 bits per heavy atom. The maximum atomic E-state index is 11.1. The first-order valence-corrected chi connectivity index (χ1v) is 3.87. The Kier molecular flexibility index (Phi) is 1.19. The molecule has 2 aromatic heterocycles. The molecule has 0 saturated carbocycles. The molecular formula is C6H5N3OS. The first-order chi connectivity index (χ1) is 5.29. The van der Waals surface area contributed by atoms with Crippen LogP contribution in [0.15, 0.2) is 16.4 Å². The fourth-order valence-electron chi connectivity index (χ4n) is 0.941. The first kappa shape index (κ1) is 6.36. The molecule has 0 radical (unpaired) electrons. The molecule has 2 heterocycles. The van der Waals surface area contributed by atoms with Gasteiger partial charge in [-0.25, -0.2) is 5.10 Å². The molecule has 0 aliphatic carbocycles. The van der Waals surface area contributed by atoms with Crippen molar-refractivity contribution in [2.24, 2.45) is 0 Å². The van der Waals surface area contributed by atoms with Gasteiger partial charge in [-0.3, -0.25) is 4.79 Å². The van der Waals surface area contributed by atoms with Crippen molar-refractivity contribution in [1.29, 1.82) is 0 Å². The van der Waals surface area contributed by atoms with E-state index >= 15 is 0 Å². The largest absolute Gasteiger partial charge is 0.390 e. The first-order valence-electron chi connectivity index (χ1n) is 2.99. The van der Waals surface area contributed by atoms with Crippen LogP contribution in [0, 0.1) is 0 Å². The highest BCUT2D eigenvalue weighted by Gasteiger charge is 2.03. The van der Waals surface area contributed by atoms with Gasteiger partial charge in [-0.15, -0.1) is 11.3 Å². The highest BCUT2D eigenvalue weighted by Crippen LogP contribution is 2.22. The van der Waals surface area contributed by atoms with Gasteiger partial charge in [-0.1, -0.05) is 0 Å². The molecular weight excluding hydrogens is 162 g/mol. The molecule has 0 aliphatic heterocycles. The molecule has 0 atom stereocenters. The van der Waals surface area contributed by atoms with E-state index in [1.165, 1.54) is 11.3 Å². The number of H-pyrrole nitrogens is 1. The summed E-state index contributed by atoms with van der Waals surface area (Å²) in [7, 11) is 0. The number of hydrogen-bond donors (Lipinski definition) is 2. The van der Waals surface area contributed by atoms with Crippen molar-refractivity contribution < 1.29 is 0 Å². The van der Waals surface area contributed by atoms with E-state index in [-0.39, 0.29) is 5.56 Å². The monoisotopic (exact) mass is 167 g/mol. The normalized spacial score (nSPS) is 10.5. The van der Waals surface area contributed by atoms with Crippen molar-refractivity contribution in [1.82, 2.24) is 10.2 Å². The standard InChI is InChI=1S/C6H5N3OS/c7-5-4-3(2-11-5)1-8-9-6(4)10/h1-2H,7H2,(H,9,10). The molecule has 0 aliphatic rings. The number of nitrogens with two attached hydrogens (primary N) is 1. The molecule has 2 rings (SSSR count). The second-order valence-corrected chi connectivity index (χ2v) is 3.04. The number of hydrogen-bond acceptors (Lipinski definition) is 4.